The van der Waals surface area contributed by atoms with Gasteiger partial charge in [-0.3, -0.25) is 23.7 Å². The molecule has 1 atom stereocenters. The van der Waals surface area contributed by atoms with Crippen LogP contribution in [0, 0.1) is 0 Å². The summed E-state index contributed by atoms with van der Waals surface area (Å²) in [6.45, 7) is 5.29. The lowest BCUT2D eigenvalue weighted by atomic mass is 10.0. The molecule has 1 unspecified atom stereocenters. The van der Waals surface area contributed by atoms with E-state index in [1.54, 1.807) is 17.1 Å². The SMILES string of the molecule is Cn1cc(N2CCCC(N3CCN(Cc4cn5cccnc5n4)CC3)C2=O)cn1. The van der Waals surface area contributed by atoms with Crippen molar-refractivity contribution in [2.75, 3.05) is 37.6 Å². The zero-order valence-electron chi connectivity index (χ0n) is 16.7. The lowest BCUT2D eigenvalue weighted by Crippen LogP contribution is -2.57. The van der Waals surface area contributed by atoms with Crippen molar-refractivity contribution in [3.63, 3.8) is 0 Å². The number of anilines is 1. The Hall–Kier alpha value is -2.78. The topological polar surface area (TPSA) is 74.8 Å². The Kier molecular flexibility index (Phi) is 4.76. The zero-order valence-corrected chi connectivity index (χ0v) is 16.7. The molecule has 0 bridgehead atoms. The minimum Gasteiger partial charge on any atom is -0.308 e. The maximum Gasteiger partial charge on any atom is 0.244 e. The fourth-order valence-corrected chi connectivity index (χ4v) is 4.42. The standard InChI is InChI=1S/C20H26N8O/c1-24-15-17(12-22-24)28-7-2-4-18(19(28)29)26-10-8-25(9-11-26)13-16-14-27-6-3-5-21-20(27)23-16/h3,5-6,12,14-15,18H,2,4,7-11,13H2,1H3. The van der Waals surface area contributed by atoms with E-state index in [1.165, 1.54) is 0 Å². The Balaban J connectivity index is 1.20. The third kappa shape index (κ3) is 3.63. The van der Waals surface area contributed by atoms with Crippen molar-refractivity contribution in [3.8, 4) is 0 Å². The van der Waals surface area contributed by atoms with Gasteiger partial charge in [0, 0.05) is 71.1 Å². The van der Waals surface area contributed by atoms with E-state index in [0.717, 1.165) is 69.3 Å². The number of carbonyl (C=O) groups is 1. The minimum atomic E-state index is -0.0227. The maximum absolute atomic E-state index is 13.1. The second kappa shape index (κ2) is 7.57. The van der Waals surface area contributed by atoms with E-state index < -0.39 is 0 Å². The quantitative estimate of drug-likeness (QED) is 0.651. The summed E-state index contributed by atoms with van der Waals surface area (Å²) in [5, 5.41) is 4.22. The molecule has 5 rings (SSSR count). The van der Waals surface area contributed by atoms with Gasteiger partial charge in [-0.05, 0) is 18.9 Å². The number of piperidine rings is 1. The molecule has 0 saturated carbocycles. The van der Waals surface area contributed by atoms with Gasteiger partial charge in [0.05, 0.1) is 23.6 Å². The van der Waals surface area contributed by atoms with Crippen LogP contribution in [0.15, 0.2) is 37.1 Å². The van der Waals surface area contributed by atoms with Crippen LogP contribution in [0.1, 0.15) is 18.5 Å². The molecule has 3 aromatic rings. The third-order valence-electron chi connectivity index (χ3n) is 5.93. The van der Waals surface area contributed by atoms with Gasteiger partial charge in [0.25, 0.3) is 0 Å². The summed E-state index contributed by atoms with van der Waals surface area (Å²) >= 11 is 0. The van der Waals surface area contributed by atoms with Crippen LogP contribution in [0.4, 0.5) is 5.69 Å². The number of imidazole rings is 1. The fourth-order valence-electron chi connectivity index (χ4n) is 4.42. The molecule has 0 N–H and O–H groups in total. The highest BCUT2D eigenvalue weighted by molar-refractivity contribution is 5.97. The number of piperazine rings is 1. The van der Waals surface area contributed by atoms with Gasteiger partial charge >= 0.3 is 0 Å². The molecular weight excluding hydrogens is 368 g/mol. The first kappa shape index (κ1) is 18.3. The summed E-state index contributed by atoms with van der Waals surface area (Å²) in [4.78, 5) is 28.7. The highest BCUT2D eigenvalue weighted by Crippen LogP contribution is 2.24. The Bertz CT molecular complexity index is 970. The number of amides is 1. The van der Waals surface area contributed by atoms with Gasteiger partial charge in [-0.2, -0.15) is 5.10 Å². The predicted octanol–water partition coefficient (Wildman–Crippen LogP) is 0.776. The van der Waals surface area contributed by atoms with Crippen LogP contribution >= 0.6 is 0 Å². The molecule has 0 spiro atoms. The van der Waals surface area contributed by atoms with Crippen LogP contribution in [0.5, 0.6) is 0 Å². The molecule has 0 radical (unpaired) electrons. The monoisotopic (exact) mass is 394 g/mol. The number of nitrogens with zero attached hydrogens (tertiary/aromatic N) is 8. The van der Waals surface area contributed by atoms with E-state index in [0.29, 0.717) is 0 Å². The molecule has 0 aromatic carbocycles. The Morgan fingerprint density at radius 2 is 2.00 bits per heavy atom. The van der Waals surface area contributed by atoms with E-state index in [9.17, 15) is 4.79 Å². The molecular formula is C20H26N8O. The number of fused-ring (bicyclic) bond motifs is 1. The van der Waals surface area contributed by atoms with Gasteiger partial charge in [0.15, 0.2) is 0 Å². The first-order chi connectivity index (χ1) is 14.2. The number of rotatable bonds is 4. The van der Waals surface area contributed by atoms with E-state index in [-0.39, 0.29) is 11.9 Å². The first-order valence-electron chi connectivity index (χ1n) is 10.2. The second-order valence-corrected chi connectivity index (χ2v) is 7.89. The van der Waals surface area contributed by atoms with Gasteiger partial charge in [0.2, 0.25) is 11.7 Å². The summed E-state index contributed by atoms with van der Waals surface area (Å²) in [7, 11) is 1.88. The fraction of sp³-hybridized carbons (Fsp3) is 0.500. The van der Waals surface area contributed by atoms with Crippen LogP contribution in [0.25, 0.3) is 5.78 Å². The minimum absolute atomic E-state index is 0.0227. The smallest absolute Gasteiger partial charge is 0.244 e. The van der Waals surface area contributed by atoms with E-state index in [4.69, 9.17) is 0 Å². The van der Waals surface area contributed by atoms with Crippen molar-refractivity contribution in [1.29, 1.82) is 0 Å². The number of aryl methyl sites for hydroxylation is 1. The number of hydrogen-bond acceptors (Lipinski definition) is 6. The van der Waals surface area contributed by atoms with E-state index >= 15 is 0 Å². The molecule has 2 aliphatic heterocycles. The number of hydrogen-bond donors (Lipinski definition) is 0. The summed E-state index contributed by atoms with van der Waals surface area (Å²) in [6.07, 6.45) is 11.4. The lowest BCUT2D eigenvalue weighted by Gasteiger charge is -2.42. The van der Waals surface area contributed by atoms with Crippen LogP contribution < -0.4 is 4.90 Å². The average Bonchev–Trinajstić information content (AvgIpc) is 3.34. The van der Waals surface area contributed by atoms with Gasteiger partial charge in [-0.15, -0.1) is 0 Å². The van der Waals surface area contributed by atoms with Crippen molar-refractivity contribution < 1.29 is 4.79 Å². The van der Waals surface area contributed by atoms with Crippen molar-refractivity contribution in [2.24, 2.45) is 7.05 Å². The average molecular weight is 394 g/mol. The van der Waals surface area contributed by atoms with Crippen molar-refractivity contribution in [3.05, 3.63) is 42.7 Å². The molecule has 3 aromatic heterocycles. The Morgan fingerprint density at radius 1 is 1.14 bits per heavy atom. The predicted molar refractivity (Wildman–Crippen MR) is 108 cm³/mol. The lowest BCUT2D eigenvalue weighted by molar-refractivity contribution is -0.126. The Morgan fingerprint density at radius 3 is 2.76 bits per heavy atom. The highest BCUT2D eigenvalue weighted by Gasteiger charge is 2.35. The van der Waals surface area contributed by atoms with Crippen LogP contribution in [0.2, 0.25) is 0 Å². The normalized spacial score (nSPS) is 21.9. The molecule has 29 heavy (non-hydrogen) atoms. The molecule has 9 nitrogen and oxygen atoms in total. The highest BCUT2D eigenvalue weighted by atomic mass is 16.2. The van der Waals surface area contributed by atoms with Crippen molar-refractivity contribution in [1.82, 2.24) is 33.9 Å². The van der Waals surface area contributed by atoms with Crippen LogP contribution in [0.3, 0.4) is 0 Å². The molecule has 2 aliphatic rings. The molecule has 2 saturated heterocycles. The number of carbonyl (C=O) groups excluding carboxylic acids is 1. The van der Waals surface area contributed by atoms with Gasteiger partial charge < -0.3 is 4.90 Å². The molecule has 9 heteroatoms. The summed E-state index contributed by atoms with van der Waals surface area (Å²) in [5.41, 5.74) is 1.94. The molecule has 1 amide bonds. The second-order valence-electron chi connectivity index (χ2n) is 7.89. The maximum atomic E-state index is 13.1. The van der Waals surface area contributed by atoms with Gasteiger partial charge in [0.1, 0.15) is 0 Å². The Labute approximate surface area is 169 Å². The number of aromatic nitrogens is 5. The molecule has 5 heterocycles. The first-order valence-corrected chi connectivity index (χ1v) is 10.2. The summed E-state index contributed by atoms with van der Waals surface area (Å²) in [6, 6.07) is 1.89. The molecule has 0 aliphatic carbocycles. The van der Waals surface area contributed by atoms with E-state index in [2.05, 4.69) is 24.9 Å². The molecule has 152 valence electrons. The largest absolute Gasteiger partial charge is 0.308 e. The summed E-state index contributed by atoms with van der Waals surface area (Å²) < 4.78 is 3.71. The van der Waals surface area contributed by atoms with Gasteiger partial charge in [-0.25, -0.2) is 9.97 Å². The van der Waals surface area contributed by atoms with E-state index in [1.807, 2.05) is 41.0 Å². The zero-order chi connectivity index (χ0) is 19.8. The molecule has 2 fully saturated rings. The van der Waals surface area contributed by atoms with Crippen LogP contribution in [-0.4, -0.2) is 78.6 Å². The van der Waals surface area contributed by atoms with Gasteiger partial charge in [-0.1, -0.05) is 0 Å². The van der Waals surface area contributed by atoms with Crippen LogP contribution in [-0.2, 0) is 18.4 Å². The van der Waals surface area contributed by atoms with Crippen molar-refractivity contribution >= 4 is 17.4 Å². The third-order valence-corrected chi connectivity index (χ3v) is 5.93. The summed E-state index contributed by atoms with van der Waals surface area (Å²) in [5.74, 6) is 0.952. The van der Waals surface area contributed by atoms with Crippen molar-refractivity contribution in [2.45, 2.75) is 25.4 Å².